The van der Waals surface area contributed by atoms with Gasteiger partial charge in [-0.05, 0) is 31.9 Å². The van der Waals surface area contributed by atoms with E-state index in [9.17, 15) is 9.59 Å². The number of para-hydroxylation sites is 1. The number of aromatic amines is 1. The van der Waals surface area contributed by atoms with Crippen LogP contribution in [0, 0.1) is 0 Å². The number of carbonyl (C=O) groups is 1. The molecule has 1 aliphatic rings. The van der Waals surface area contributed by atoms with Crippen molar-refractivity contribution in [3.8, 4) is 5.69 Å². The summed E-state index contributed by atoms with van der Waals surface area (Å²) in [6, 6.07) is 9.81. The van der Waals surface area contributed by atoms with Gasteiger partial charge >= 0.3 is 0 Å². The Morgan fingerprint density at radius 3 is 2.66 bits per heavy atom. The summed E-state index contributed by atoms with van der Waals surface area (Å²) in [5.41, 5.74) is 1.06. The largest absolute Gasteiger partial charge is 0.352 e. The van der Waals surface area contributed by atoms with Crippen molar-refractivity contribution in [1.82, 2.24) is 25.1 Å². The summed E-state index contributed by atoms with van der Waals surface area (Å²) < 4.78 is 1.64. The number of thioether (sulfide) groups is 1. The van der Waals surface area contributed by atoms with Crippen molar-refractivity contribution in [3.63, 3.8) is 0 Å². The maximum Gasteiger partial charge on any atom is 0.262 e. The molecule has 1 aromatic carbocycles. The number of amides is 1. The molecule has 0 bridgehead atoms. The maximum atomic E-state index is 12.6. The van der Waals surface area contributed by atoms with Crippen LogP contribution in [-0.4, -0.2) is 36.9 Å². The van der Waals surface area contributed by atoms with E-state index in [1.807, 2.05) is 37.3 Å². The monoisotopic (exact) mass is 411 g/mol. The van der Waals surface area contributed by atoms with E-state index < -0.39 is 0 Å². The molecule has 29 heavy (non-hydrogen) atoms. The smallest absolute Gasteiger partial charge is 0.262 e. The van der Waals surface area contributed by atoms with Gasteiger partial charge in [0.15, 0.2) is 10.8 Å². The zero-order chi connectivity index (χ0) is 20.2. The van der Waals surface area contributed by atoms with Crippen LogP contribution in [0.25, 0.3) is 16.7 Å². The Hall–Kier alpha value is -2.61. The Bertz CT molecular complexity index is 1040. The molecular weight excluding hydrogens is 386 g/mol. The van der Waals surface area contributed by atoms with Gasteiger partial charge in [0.1, 0.15) is 5.39 Å². The Morgan fingerprint density at radius 1 is 1.21 bits per heavy atom. The van der Waals surface area contributed by atoms with Crippen molar-refractivity contribution in [1.29, 1.82) is 0 Å². The number of fused-ring (bicyclic) bond motifs is 1. The molecule has 0 unspecified atom stereocenters. The topological polar surface area (TPSA) is 92.7 Å². The van der Waals surface area contributed by atoms with Gasteiger partial charge in [-0.2, -0.15) is 5.10 Å². The van der Waals surface area contributed by atoms with Crippen molar-refractivity contribution in [3.05, 3.63) is 46.9 Å². The van der Waals surface area contributed by atoms with E-state index in [2.05, 4.69) is 20.4 Å². The third kappa shape index (κ3) is 4.53. The summed E-state index contributed by atoms with van der Waals surface area (Å²) in [6.07, 6.45) is 8.43. The molecule has 0 saturated heterocycles. The fourth-order valence-corrected chi connectivity index (χ4v) is 4.48. The molecule has 1 aliphatic carbocycles. The summed E-state index contributed by atoms with van der Waals surface area (Å²) >= 11 is 1.26. The molecule has 0 radical (unpaired) electrons. The Kier molecular flexibility index (Phi) is 5.99. The molecule has 1 saturated carbocycles. The SMILES string of the molecule is C[C@@H](Sc1nc2c(cnn2-c2ccccc2)c(=O)[nH]1)C(=O)NC1CCCCCC1. The fourth-order valence-electron chi connectivity index (χ4n) is 3.68. The number of H-pyrrole nitrogens is 1. The number of aromatic nitrogens is 4. The molecule has 1 amide bonds. The van der Waals surface area contributed by atoms with Crippen molar-refractivity contribution < 1.29 is 4.79 Å². The zero-order valence-electron chi connectivity index (χ0n) is 16.4. The van der Waals surface area contributed by atoms with Crippen LogP contribution in [0.15, 0.2) is 46.5 Å². The molecule has 2 heterocycles. The Morgan fingerprint density at radius 2 is 1.93 bits per heavy atom. The molecule has 152 valence electrons. The quantitative estimate of drug-likeness (QED) is 0.381. The lowest BCUT2D eigenvalue weighted by molar-refractivity contribution is -0.121. The number of benzene rings is 1. The number of carbonyl (C=O) groups excluding carboxylic acids is 1. The van der Waals surface area contributed by atoms with Crippen LogP contribution in [0.4, 0.5) is 0 Å². The predicted octanol–water partition coefficient (Wildman–Crippen LogP) is 3.43. The van der Waals surface area contributed by atoms with Crippen LogP contribution >= 0.6 is 11.8 Å². The van der Waals surface area contributed by atoms with Gasteiger partial charge in [0, 0.05) is 6.04 Å². The first-order valence-corrected chi connectivity index (χ1v) is 11.0. The van der Waals surface area contributed by atoms with Crippen molar-refractivity contribution in [2.24, 2.45) is 0 Å². The van der Waals surface area contributed by atoms with E-state index in [4.69, 9.17) is 0 Å². The molecule has 7 nitrogen and oxygen atoms in total. The van der Waals surface area contributed by atoms with Gasteiger partial charge in [0.2, 0.25) is 5.91 Å². The number of hydrogen-bond donors (Lipinski definition) is 2. The lowest BCUT2D eigenvalue weighted by atomic mass is 10.1. The highest BCUT2D eigenvalue weighted by Crippen LogP contribution is 2.23. The van der Waals surface area contributed by atoms with E-state index in [1.54, 1.807) is 4.68 Å². The van der Waals surface area contributed by atoms with Gasteiger partial charge in [-0.15, -0.1) is 0 Å². The van der Waals surface area contributed by atoms with Crippen LogP contribution in [0.3, 0.4) is 0 Å². The Labute approximate surface area is 173 Å². The number of nitrogens with zero attached hydrogens (tertiary/aromatic N) is 3. The fraction of sp³-hybridized carbons (Fsp3) is 0.429. The van der Waals surface area contributed by atoms with Crippen LogP contribution < -0.4 is 10.9 Å². The molecule has 2 aromatic heterocycles. The summed E-state index contributed by atoms with van der Waals surface area (Å²) in [7, 11) is 0. The molecule has 1 atom stereocenters. The van der Waals surface area contributed by atoms with Crippen LogP contribution in [0.5, 0.6) is 0 Å². The van der Waals surface area contributed by atoms with Gasteiger partial charge in [-0.25, -0.2) is 9.67 Å². The third-order valence-electron chi connectivity index (χ3n) is 5.28. The normalized spacial score (nSPS) is 16.4. The second-order valence-electron chi connectivity index (χ2n) is 7.46. The van der Waals surface area contributed by atoms with Crippen molar-refractivity contribution in [2.75, 3.05) is 0 Å². The van der Waals surface area contributed by atoms with Crippen molar-refractivity contribution >= 4 is 28.7 Å². The van der Waals surface area contributed by atoms with E-state index in [0.29, 0.717) is 16.2 Å². The van der Waals surface area contributed by atoms with Gasteiger partial charge in [0.25, 0.3) is 5.56 Å². The predicted molar refractivity (Wildman–Crippen MR) is 114 cm³/mol. The highest BCUT2D eigenvalue weighted by Gasteiger charge is 2.21. The molecule has 0 spiro atoms. The van der Waals surface area contributed by atoms with E-state index in [-0.39, 0.29) is 22.8 Å². The van der Waals surface area contributed by atoms with E-state index in [1.165, 1.54) is 43.6 Å². The van der Waals surface area contributed by atoms with Gasteiger partial charge in [0.05, 0.1) is 17.1 Å². The molecule has 2 N–H and O–H groups in total. The Balaban J connectivity index is 1.53. The summed E-state index contributed by atoms with van der Waals surface area (Å²) in [6.45, 7) is 1.84. The second-order valence-corrected chi connectivity index (χ2v) is 8.79. The average molecular weight is 412 g/mol. The second kappa shape index (κ2) is 8.82. The molecule has 4 rings (SSSR count). The highest BCUT2D eigenvalue weighted by atomic mass is 32.2. The summed E-state index contributed by atoms with van der Waals surface area (Å²) in [5, 5.41) is 7.97. The van der Waals surface area contributed by atoms with E-state index in [0.717, 1.165) is 18.5 Å². The molecule has 8 heteroatoms. The lowest BCUT2D eigenvalue weighted by Crippen LogP contribution is -2.39. The van der Waals surface area contributed by atoms with E-state index >= 15 is 0 Å². The van der Waals surface area contributed by atoms with Crippen LogP contribution in [0.2, 0.25) is 0 Å². The van der Waals surface area contributed by atoms with Crippen molar-refractivity contribution in [2.45, 2.75) is 61.9 Å². The average Bonchev–Trinajstić information content (AvgIpc) is 2.98. The van der Waals surface area contributed by atoms with Crippen LogP contribution in [0.1, 0.15) is 45.4 Å². The first kappa shape index (κ1) is 19.7. The first-order chi connectivity index (χ1) is 14.1. The maximum absolute atomic E-state index is 12.6. The lowest BCUT2D eigenvalue weighted by Gasteiger charge is -2.19. The van der Waals surface area contributed by atoms with Gasteiger partial charge in [-0.3, -0.25) is 9.59 Å². The highest BCUT2D eigenvalue weighted by molar-refractivity contribution is 8.00. The number of nitrogens with one attached hydrogen (secondary N) is 2. The number of rotatable bonds is 5. The molecule has 0 aliphatic heterocycles. The van der Waals surface area contributed by atoms with Gasteiger partial charge < -0.3 is 10.3 Å². The molecular formula is C21H25N5O2S. The number of hydrogen-bond acceptors (Lipinski definition) is 5. The first-order valence-electron chi connectivity index (χ1n) is 10.1. The summed E-state index contributed by atoms with van der Waals surface area (Å²) in [5.74, 6) is -0.0128. The van der Waals surface area contributed by atoms with Crippen LogP contribution in [-0.2, 0) is 4.79 Å². The minimum absolute atomic E-state index is 0.0128. The minimum atomic E-state index is -0.355. The molecule has 1 fully saturated rings. The van der Waals surface area contributed by atoms with Gasteiger partial charge in [-0.1, -0.05) is 55.6 Å². The zero-order valence-corrected chi connectivity index (χ0v) is 17.2. The standard InChI is InChI=1S/C21H25N5O2S/c1-14(19(27)23-15-9-5-2-3-6-10-15)29-21-24-18-17(20(28)25-21)13-22-26(18)16-11-7-4-8-12-16/h4,7-8,11-15H,2-3,5-6,9-10H2,1H3,(H,23,27)(H,24,25,28)/t14-/m1/s1. The minimum Gasteiger partial charge on any atom is -0.352 e. The third-order valence-corrected chi connectivity index (χ3v) is 6.26. The summed E-state index contributed by atoms with van der Waals surface area (Å²) in [4.78, 5) is 32.5. The molecule has 3 aromatic rings.